The van der Waals surface area contributed by atoms with Crippen molar-refractivity contribution in [1.29, 1.82) is 0 Å². The Morgan fingerprint density at radius 3 is 1.51 bits per heavy atom. The summed E-state index contributed by atoms with van der Waals surface area (Å²) in [6, 6.07) is 52.5. The molecule has 2 aliphatic heterocycles. The molecule has 226 valence electrons. The third-order valence-corrected chi connectivity index (χ3v) is 8.83. The van der Waals surface area contributed by atoms with E-state index in [0.717, 1.165) is 34.0 Å². The number of fused-ring (bicyclic) bond motifs is 4. The highest BCUT2D eigenvalue weighted by molar-refractivity contribution is 6.05. The first-order chi connectivity index (χ1) is 23.2. The first-order valence-electron chi connectivity index (χ1n) is 16.0. The molecule has 0 atom stereocenters. The van der Waals surface area contributed by atoms with Crippen LogP contribution in [0.3, 0.4) is 0 Å². The maximum atomic E-state index is 6.28. The Morgan fingerprint density at radius 1 is 0.468 bits per heavy atom. The molecule has 0 unspecified atom stereocenters. The summed E-state index contributed by atoms with van der Waals surface area (Å²) in [4.78, 5) is 0. The maximum absolute atomic E-state index is 6.28. The van der Waals surface area contributed by atoms with Crippen molar-refractivity contribution < 1.29 is 18.6 Å². The van der Waals surface area contributed by atoms with Crippen molar-refractivity contribution in [3.63, 3.8) is 0 Å². The van der Waals surface area contributed by atoms with Gasteiger partial charge in [0.2, 0.25) is 11.4 Å². The van der Waals surface area contributed by atoms with Gasteiger partial charge in [0.15, 0.2) is 12.4 Å². The summed E-state index contributed by atoms with van der Waals surface area (Å²) in [5, 5.41) is 4.96. The average molecular weight is 611 g/mol. The predicted octanol–water partition coefficient (Wildman–Crippen LogP) is 9.88. The molecule has 4 heteroatoms. The van der Waals surface area contributed by atoms with E-state index in [-0.39, 0.29) is 0 Å². The fourth-order valence-electron chi connectivity index (χ4n) is 6.53. The lowest BCUT2D eigenvalue weighted by atomic mass is 9.94. The molecule has 0 saturated heterocycles. The van der Waals surface area contributed by atoms with Gasteiger partial charge in [-0.2, -0.15) is 9.15 Å². The smallest absolute Gasteiger partial charge is 0.292 e. The van der Waals surface area contributed by atoms with Gasteiger partial charge in [-0.15, -0.1) is 0 Å². The summed E-state index contributed by atoms with van der Waals surface area (Å²) < 4.78 is 16.6. The molecule has 0 aliphatic carbocycles. The van der Waals surface area contributed by atoms with E-state index in [0.29, 0.717) is 13.5 Å². The van der Waals surface area contributed by atoms with Gasteiger partial charge in [-0.3, -0.25) is 0 Å². The Labute approximate surface area is 274 Å². The fraction of sp³-hybridized carbons (Fsp3) is 0.0698. The minimum Gasteiger partial charge on any atom is -0.435 e. The first-order valence-corrected chi connectivity index (χ1v) is 16.0. The van der Waals surface area contributed by atoms with E-state index in [9.17, 15) is 0 Å². The molecule has 4 nitrogen and oxygen atoms in total. The first kappa shape index (κ1) is 28.5. The van der Waals surface area contributed by atoms with E-state index >= 15 is 0 Å². The lowest BCUT2D eigenvalue weighted by molar-refractivity contribution is -0.476. The molecule has 0 amide bonds. The number of rotatable bonds is 3. The maximum Gasteiger partial charge on any atom is 0.292 e. The summed E-state index contributed by atoms with van der Waals surface area (Å²) in [5.41, 5.74) is 8.09. The highest BCUT2D eigenvalue weighted by Crippen LogP contribution is 2.41. The second-order valence-corrected chi connectivity index (χ2v) is 11.8. The summed E-state index contributed by atoms with van der Waals surface area (Å²) in [5.74, 6) is 1.96. The molecule has 2 aliphatic rings. The zero-order chi connectivity index (χ0) is 31.6. The van der Waals surface area contributed by atoms with Crippen molar-refractivity contribution in [3.05, 3.63) is 168 Å². The lowest BCUT2D eigenvalue weighted by Crippen LogP contribution is -2.21. The highest BCUT2D eigenvalue weighted by atomic mass is 16.5. The van der Waals surface area contributed by atoms with Crippen molar-refractivity contribution in [2.75, 3.05) is 13.5 Å². The van der Waals surface area contributed by atoms with Crippen LogP contribution in [0, 0.1) is 6.92 Å². The molecule has 0 fully saturated rings. The van der Waals surface area contributed by atoms with Gasteiger partial charge in [0, 0.05) is 35.4 Å². The second-order valence-electron chi connectivity index (χ2n) is 11.8. The molecule has 7 aromatic carbocycles. The molecular formula is C43H34N2O2+2. The fourth-order valence-corrected chi connectivity index (χ4v) is 6.53. The van der Waals surface area contributed by atoms with Crippen LogP contribution in [0.5, 0.6) is 11.5 Å². The van der Waals surface area contributed by atoms with Crippen LogP contribution in [0.2, 0.25) is 0 Å². The van der Waals surface area contributed by atoms with E-state index in [1.54, 1.807) is 0 Å². The number of benzene rings is 7. The van der Waals surface area contributed by atoms with Crippen LogP contribution in [-0.2, 0) is 0 Å². The number of para-hydroxylation sites is 2. The lowest BCUT2D eigenvalue weighted by Gasteiger charge is -2.19. The van der Waals surface area contributed by atoms with Crippen LogP contribution >= 0.6 is 0 Å². The Kier molecular flexibility index (Phi) is 7.52. The van der Waals surface area contributed by atoms with Crippen molar-refractivity contribution in [2.24, 2.45) is 0 Å². The largest absolute Gasteiger partial charge is 0.435 e. The van der Waals surface area contributed by atoms with Gasteiger partial charge in [-0.25, -0.2) is 0 Å². The third kappa shape index (κ3) is 5.55. The van der Waals surface area contributed by atoms with E-state index in [4.69, 9.17) is 9.47 Å². The van der Waals surface area contributed by atoms with Crippen LogP contribution in [-0.4, -0.2) is 35.0 Å². The third-order valence-electron chi connectivity index (χ3n) is 8.83. The Bertz CT molecular complexity index is 2290. The van der Waals surface area contributed by atoms with Crippen molar-refractivity contribution in [2.45, 2.75) is 6.92 Å². The number of nitrogens with zero attached hydrogens (tertiary/aromatic N) is 2. The van der Waals surface area contributed by atoms with E-state index in [1.165, 1.54) is 38.2 Å². The Hall–Kier alpha value is -6.00. The summed E-state index contributed by atoms with van der Waals surface area (Å²) >= 11 is 0. The van der Waals surface area contributed by atoms with Gasteiger partial charge in [-0.05, 0) is 46.2 Å². The number of hydrogen-bond acceptors (Lipinski definition) is 2. The molecule has 2 heterocycles. The van der Waals surface area contributed by atoms with Gasteiger partial charge in [0.25, 0.3) is 13.5 Å². The van der Waals surface area contributed by atoms with Crippen molar-refractivity contribution >= 4 is 45.3 Å². The number of aryl methyl sites for hydroxylation is 1. The van der Waals surface area contributed by atoms with Gasteiger partial charge in [0.05, 0.1) is 11.1 Å². The zero-order valence-corrected chi connectivity index (χ0v) is 26.2. The summed E-state index contributed by atoms with van der Waals surface area (Å²) in [7, 11) is 0. The summed E-state index contributed by atoms with van der Waals surface area (Å²) in [6.45, 7) is 3.19. The number of ether oxygens (including phenoxy) is 2. The van der Waals surface area contributed by atoms with Crippen LogP contribution < -0.4 is 9.47 Å². The Balaban J connectivity index is 0.000000141. The SMILES string of the molecule is C1=[N+](c2ccccc2)COc2c1cc1ccccc1c2-c1ccccc1.Cc1c2c(cc3ccccc13)C=[N+](c1ccccc1)CO2. The highest BCUT2D eigenvalue weighted by Gasteiger charge is 2.24. The van der Waals surface area contributed by atoms with Crippen molar-refractivity contribution in [3.8, 4) is 22.6 Å². The minimum absolute atomic E-state index is 0.509. The topological polar surface area (TPSA) is 24.5 Å². The van der Waals surface area contributed by atoms with Crippen LogP contribution in [0.15, 0.2) is 152 Å². The Morgan fingerprint density at radius 2 is 0.915 bits per heavy atom. The minimum atomic E-state index is 0.509. The molecule has 0 aromatic heterocycles. The van der Waals surface area contributed by atoms with Crippen LogP contribution in [0.1, 0.15) is 16.7 Å². The molecule has 0 saturated carbocycles. The molecule has 47 heavy (non-hydrogen) atoms. The monoisotopic (exact) mass is 610 g/mol. The second kappa shape index (κ2) is 12.4. The van der Waals surface area contributed by atoms with E-state index < -0.39 is 0 Å². The number of hydrogen-bond donors (Lipinski definition) is 0. The zero-order valence-electron chi connectivity index (χ0n) is 26.2. The van der Waals surface area contributed by atoms with Crippen LogP contribution in [0.4, 0.5) is 11.4 Å². The van der Waals surface area contributed by atoms with E-state index in [1.807, 2.05) is 30.3 Å². The predicted molar refractivity (Wildman–Crippen MR) is 192 cm³/mol. The van der Waals surface area contributed by atoms with Gasteiger partial charge < -0.3 is 9.47 Å². The van der Waals surface area contributed by atoms with Gasteiger partial charge >= 0.3 is 0 Å². The van der Waals surface area contributed by atoms with Crippen LogP contribution in [0.25, 0.3) is 32.7 Å². The molecule has 9 rings (SSSR count). The van der Waals surface area contributed by atoms with E-state index in [2.05, 4.69) is 150 Å². The molecule has 7 aromatic rings. The standard InChI is InChI=1S/C24H18NO.C19H16NO/c1-3-9-18(10-4-1)23-22-14-8-7-11-19(22)15-20-16-25(17-26-24(20)23)21-12-5-2-6-13-21;1-14-18-10-6-5-7-15(18)11-16-12-20(13-21-19(14)16)17-8-3-2-4-9-17/h1-16H,17H2;2-12H,13H2,1H3/q2*+1. The molecule has 0 spiro atoms. The molecule has 0 N–H and O–H groups in total. The quantitative estimate of drug-likeness (QED) is 0.186. The normalized spacial score (nSPS) is 13.2. The average Bonchev–Trinajstić information content (AvgIpc) is 3.15. The molecule has 0 bridgehead atoms. The van der Waals surface area contributed by atoms with Gasteiger partial charge in [0.1, 0.15) is 11.5 Å². The molecule has 0 radical (unpaired) electrons. The van der Waals surface area contributed by atoms with Gasteiger partial charge in [-0.1, -0.05) is 115 Å². The van der Waals surface area contributed by atoms with Crippen molar-refractivity contribution in [1.82, 2.24) is 0 Å². The molecular weight excluding hydrogens is 576 g/mol. The summed E-state index contributed by atoms with van der Waals surface area (Å²) in [6.07, 6.45) is 4.36.